The van der Waals surface area contributed by atoms with Gasteiger partial charge in [0, 0.05) is 50.8 Å². The lowest BCUT2D eigenvalue weighted by atomic mass is 9.88. The highest BCUT2D eigenvalue weighted by Gasteiger charge is 2.20. The minimum Gasteiger partial charge on any atom is -0.309 e. The van der Waals surface area contributed by atoms with Crippen molar-refractivity contribution in [3.05, 3.63) is 176 Å². The van der Waals surface area contributed by atoms with E-state index in [-0.39, 0.29) is 5.41 Å². The zero-order chi connectivity index (χ0) is 35.7. The quantitative estimate of drug-likeness (QED) is 0.181. The Kier molecular flexibility index (Phi) is 6.99. The van der Waals surface area contributed by atoms with Crippen molar-refractivity contribution in [1.82, 2.24) is 23.9 Å². The molecule has 0 atom stereocenters. The fraction of sp³-hybridized carbons (Fsp3) is 0.0833. The third-order valence-corrected chi connectivity index (χ3v) is 10.5. The molecule has 0 aliphatic rings. The summed E-state index contributed by atoms with van der Waals surface area (Å²) in [5.74, 6) is 0.924. The van der Waals surface area contributed by atoms with E-state index in [9.17, 15) is 0 Å². The van der Waals surface area contributed by atoms with Crippen LogP contribution in [-0.2, 0) is 5.41 Å². The summed E-state index contributed by atoms with van der Waals surface area (Å²) in [6.07, 6.45) is 4.10. The van der Waals surface area contributed by atoms with E-state index >= 15 is 0 Å². The van der Waals surface area contributed by atoms with Crippen LogP contribution in [0.2, 0.25) is 0 Å². The molecule has 254 valence electrons. The topological polar surface area (TPSA) is 40.6 Å². The first-order valence-corrected chi connectivity index (χ1v) is 18.2. The first kappa shape index (κ1) is 31.1. The van der Waals surface area contributed by atoms with Gasteiger partial charge in [0.2, 0.25) is 0 Å². The van der Waals surface area contributed by atoms with Crippen LogP contribution in [0.25, 0.3) is 83.2 Å². The first-order chi connectivity index (χ1) is 25.9. The Morgan fingerprint density at radius 3 is 1.70 bits per heavy atom. The monoisotopic (exact) mass is 683 g/mol. The van der Waals surface area contributed by atoms with Crippen LogP contribution in [0, 0.1) is 0 Å². The van der Waals surface area contributed by atoms with Crippen molar-refractivity contribution in [1.29, 1.82) is 0 Å². The summed E-state index contributed by atoms with van der Waals surface area (Å²) in [5.41, 5.74) is 12.2. The van der Waals surface area contributed by atoms with Gasteiger partial charge in [-0.2, -0.15) is 5.10 Å². The van der Waals surface area contributed by atoms with Crippen LogP contribution < -0.4 is 0 Å². The standard InChI is InChI=1S/C48H37N5/c1-48(2,3)34-26-27-49-46(28-34)53-43-21-13-11-19-38(43)40-25-23-36(30-45(40)53)52-42-20-12-10-18-37(42)39-24-22-35(29-44(39)52)51-31-41(32-14-6-4-7-15-32)47(50-51)33-16-8-5-9-17-33/h4-31H,1-3H3. The number of aromatic nitrogens is 5. The fourth-order valence-electron chi connectivity index (χ4n) is 7.88. The van der Waals surface area contributed by atoms with Crippen LogP contribution in [0.15, 0.2) is 170 Å². The molecule has 0 bridgehead atoms. The summed E-state index contributed by atoms with van der Waals surface area (Å²) in [4.78, 5) is 4.93. The summed E-state index contributed by atoms with van der Waals surface area (Å²) in [6.45, 7) is 6.75. The maximum atomic E-state index is 5.22. The summed E-state index contributed by atoms with van der Waals surface area (Å²) in [5, 5.41) is 10.0. The van der Waals surface area contributed by atoms with Gasteiger partial charge in [-0.3, -0.25) is 4.57 Å². The molecule has 53 heavy (non-hydrogen) atoms. The molecule has 5 nitrogen and oxygen atoms in total. The molecule has 0 radical (unpaired) electrons. The Morgan fingerprint density at radius 2 is 1.02 bits per heavy atom. The molecule has 0 saturated heterocycles. The number of hydrogen-bond acceptors (Lipinski definition) is 2. The molecule has 4 heterocycles. The van der Waals surface area contributed by atoms with E-state index in [0.29, 0.717) is 0 Å². The molecule has 0 N–H and O–H groups in total. The van der Waals surface area contributed by atoms with E-state index in [0.717, 1.165) is 61.6 Å². The second-order valence-corrected chi connectivity index (χ2v) is 14.8. The van der Waals surface area contributed by atoms with Crippen molar-refractivity contribution in [2.24, 2.45) is 0 Å². The van der Waals surface area contributed by atoms with Gasteiger partial charge in [0.15, 0.2) is 0 Å². The Hall–Kier alpha value is -6.72. The van der Waals surface area contributed by atoms with Gasteiger partial charge in [-0.1, -0.05) is 130 Å². The van der Waals surface area contributed by atoms with E-state index < -0.39 is 0 Å². The summed E-state index contributed by atoms with van der Waals surface area (Å²) in [6, 6.07) is 56.2. The van der Waals surface area contributed by atoms with Crippen molar-refractivity contribution in [3.63, 3.8) is 0 Å². The van der Waals surface area contributed by atoms with Crippen LogP contribution in [-0.4, -0.2) is 23.9 Å². The predicted molar refractivity (Wildman–Crippen MR) is 220 cm³/mol. The molecule has 5 heteroatoms. The normalized spacial score (nSPS) is 12.1. The molecule has 0 aliphatic carbocycles. The third-order valence-electron chi connectivity index (χ3n) is 10.5. The van der Waals surface area contributed by atoms with Gasteiger partial charge in [0.1, 0.15) is 11.5 Å². The largest absolute Gasteiger partial charge is 0.309 e. The third kappa shape index (κ3) is 5.07. The molecule has 6 aromatic carbocycles. The molecule has 0 fully saturated rings. The van der Waals surface area contributed by atoms with E-state index in [1.165, 1.54) is 27.1 Å². The molecule has 0 saturated carbocycles. The van der Waals surface area contributed by atoms with Crippen molar-refractivity contribution < 1.29 is 0 Å². The number of rotatable bonds is 5. The zero-order valence-corrected chi connectivity index (χ0v) is 29.9. The van der Waals surface area contributed by atoms with Crippen molar-refractivity contribution >= 4 is 43.6 Å². The summed E-state index contributed by atoms with van der Waals surface area (Å²) in [7, 11) is 0. The smallest absolute Gasteiger partial charge is 0.137 e. The number of fused-ring (bicyclic) bond motifs is 6. The highest BCUT2D eigenvalue weighted by Crippen LogP contribution is 2.38. The number of pyridine rings is 1. The lowest BCUT2D eigenvalue weighted by Gasteiger charge is -2.20. The molecular weight excluding hydrogens is 647 g/mol. The van der Waals surface area contributed by atoms with Crippen LogP contribution in [0.4, 0.5) is 0 Å². The van der Waals surface area contributed by atoms with Gasteiger partial charge in [0.25, 0.3) is 0 Å². The lowest BCUT2D eigenvalue weighted by molar-refractivity contribution is 0.588. The van der Waals surface area contributed by atoms with Crippen LogP contribution >= 0.6 is 0 Å². The molecule has 0 aliphatic heterocycles. The Morgan fingerprint density at radius 1 is 0.472 bits per heavy atom. The van der Waals surface area contributed by atoms with Crippen molar-refractivity contribution in [3.8, 4) is 39.6 Å². The van der Waals surface area contributed by atoms with Gasteiger partial charge in [-0.25, -0.2) is 9.67 Å². The second-order valence-electron chi connectivity index (χ2n) is 14.8. The Labute approximate surface area is 308 Å². The summed E-state index contributed by atoms with van der Waals surface area (Å²) >= 11 is 0. The number of hydrogen-bond donors (Lipinski definition) is 0. The predicted octanol–water partition coefficient (Wildman–Crippen LogP) is 12.1. The highest BCUT2D eigenvalue weighted by atomic mass is 15.3. The minimum atomic E-state index is 0.000580. The maximum absolute atomic E-state index is 5.22. The minimum absolute atomic E-state index is 0.000580. The van der Waals surface area contributed by atoms with Crippen molar-refractivity contribution in [2.75, 3.05) is 0 Å². The molecule has 0 unspecified atom stereocenters. The van der Waals surface area contributed by atoms with Gasteiger partial charge >= 0.3 is 0 Å². The number of benzene rings is 6. The molecule has 10 rings (SSSR count). The van der Waals surface area contributed by atoms with Gasteiger partial charge < -0.3 is 4.57 Å². The SMILES string of the molecule is CC(C)(C)c1ccnc(-n2c3ccccc3c3ccc(-n4c5ccccc5c5ccc(-n6cc(-c7ccccc7)c(-c7ccccc7)n6)cc54)cc32)c1. The van der Waals surface area contributed by atoms with Gasteiger partial charge in [-0.05, 0) is 65.1 Å². The number of nitrogens with zero attached hydrogens (tertiary/aromatic N) is 5. The highest BCUT2D eigenvalue weighted by molar-refractivity contribution is 6.12. The van der Waals surface area contributed by atoms with E-state index in [2.05, 4.69) is 188 Å². The van der Waals surface area contributed by atoms with Crippen LogP contribution in [0.1, 0.15) is 26.3 Å². The fourth-order valence-corrected chi connectivity index (χ4v) is 7.88. The summed E-state index contributed by atoms with van der Waals surface area (Å²) < 4.78 is 6.75. The van der Waals surface area contributed by atoms with Crippen molar-refractivity contribution in [2.45, 2.75) is 26.2 Å². The molecular formula is C48H37N5. The van der Waals surface area contributed by atoms with Crippen LogP contribution in [0.5, 0.6) is 0 Å². The molecule has 0 amide bonds. The van der Waals surface area contributed by atoms with E-state index in [1.54, 1.807) is 0 Å². The Bertz CT molecular complexity index is 2920. The van der Waals surface area contributed by atoms with Gasteiger partial charge in [-0.15, -0.1) is 0 Å². The average molecular weight is 684 g/mol. The molecule has 0 spiro atoms. The van der Waals surface area contributed by atoms with E-state index in [4.69, 9.17) is 10.1 Å². The first-order valence-electron chi connectivity index (χ1n) is 18.2. The van der Waals surface area contributed by atoms with Crippen LogP contribution in [0.3, 0.4) is 0 Å². The molecule has 10 aromatic rings. The average Bonchev–Trinajstić information content (AvgIpc) is 3.89. The Balaban J connectivity index is 1.20. The number of para-hydroxylation sites is 2. The van der Waals surface area contributed by atoms with E-state index in [1.807, 2.05) is 16.9 Å². The zero-order valence-electron chi connectivity index (χ0n) is 29.9. The second kappa shape index (κ2) is 11.9. The molecule has 4 aromatic heterocycles. The van der Waals surface area contributed by atoms with Gasteiger partial charge in [0.05, 0.1) is 27.8 Å². The lowest BCUT2D eigenvalue weighted by Crippen LogP contribution is -2.12. The maximum Gasteiger partial charge on any atom is 0.137 e.